The van der Waals surface area contributed by atoms with E-state index in [2.05, 4.69) is 51.6 Å². The summed E-state index contributed by atoms with van der Waals surface area (Å²) in [6, 6.07) is 13.6. The maximum Gasteiger partial charge on any atom is 0.329 e. The van der Waals surface area contributed by atoms with Gasteiger partial charge in [-0.25, -0.2) is 18.2 Å². The van der Waals surface area contributed by atoms with Crippen LogP contribution in [0.25, 0.3) is 10.9 Å². The van der Waals surface area contributed by atoms with Crippen LogP contribution in [0.15, 0.2) is 53.6 Å². The first-order chi connectivity index (χ1) is 29.3. The van der Waals surface area contributed by atoms with Crippen molar-refractivity contribution in [2.45, 2.75) is 131 Å². The lowest BCUT2D eigenvalue weighted by Crippen LogP contribution is -2.49. The minimum atomic E-state index is -3.70. The molecule has 4 aliphatic heterocycles. The number of imide groups is 1. The van der Waals surface area contributed by atoms with Gasteiger partial charge in [0, 0.05) is 74.4 Å². The van der Waals surface area contributed by atoms with Gasteiger partial charge in [-0.3, -0.25) is 34.3 Å². The lowest BCUT2D eigenvalue weighted by atomic mass is 9.78. The second-order valence-electron chi connectivity index (χ2n) is 18.9. The minimum absolute atomic E-state index is 0.0236. The molecule has 10 rings (SSSR count). The molecular weight excluding hydrogens is 793 g/mol. The topological polar surface area (TPSA) is 166 Å². The molecule has 6 heterocycles. The second kappa shape index (κ2) is 15.2. The van der Waals surface area contributed by atoms with Crippen LogP contribution >= 0.6 is 0 Å². The summed E-state index contributed by atoms with van der Waals surface area (Å²) in [5.74, 6) is 2.10. The van der Waals surface area contributed by atoms with E-state index < -0.39 is 21.5 Å². The van der Waals surface area contributed by atoms with Crippen molar-refractivity contribution in [2.75, 3.05) is 41.3 Å². The molecule has 2 N–H and O–H groups in total. The molecule has 322 valence electrons. The van der Waals surface area contributed by atoms with Crippen molar-refractivity contribution in [1.82, 2.24) is 34.3 Å². The van der Waals surface area contributed by atoms with Gasteiger partial charge in [-0.15, -0.1) is 0 Å². The predicted molar refractivity (Wildman–Crippen MR) is 232 cm³/mol. The van der Waals surface area contributed by atoms with Crippen LogP contribution in [0.2, 0.25) is 0 Å². The number of aromatic nitrogens is 4. The molecule has 0 bridgehead atoms. The number of anilines is 3. The van der Waals surface area contributed by atoms with Crippen molar-refractivity contribution in [2.24, 2.45) is 7.05 Å². The first-order valence-corrected chi connectivity index (χ1v) is 23.6. The molecular formula is C45H56N10O5S. The molecule has 4 aromatic rings. The summed E-state index contributed by atoms with van der Waals surface area (Å²) in [5, 5.41) is 11.4. The quantitative estimate of drug-likeness (QED) is 0.206. The highest BCUT2D eigenvalue weighted by Crippen LogP contribution is 2.57. The Kier molecular flexibility index (Phi) is 9.98. The molecule has 0 radical (unpaired) electrons. The Morgan fingerprint density at radius 2 is 1.69 bits per heavy atom. The number of hydrogen-bond donors (Lipinski definition) is 2. The number of carbonyl (C=O) groups excluding carboxylic acids is 3. The van der Waals surface area contributed by atoms with Crippen molar-refractivity contribution < 1.29 is 22.8 Å². The number of aryl methyl sites for hydroxylation is 1. The fraction of sp³-hybridized carbons (Fsp3) is 0.556. The molecule has 61 heavy (non-hydrogen) atoms. The highest BCUT2D eigenvalue weighted by atomic mass is 32.2. The van der Waals surface area contributed by atoms with Gasteiger partial charge in [0.2, 0.25) is 27.8 Å². The number of likely N-dealkylation sites (tertiary alicyclic amines) is 1. The molecule has 15 nitrogen and oxygen atoms in total. The van der Waals surface area contributed by atoms with E-state index in [1.165, 1.54) is 16.9 Å². The summed E-state index contributed by atoms with van der Waals surface area (Å²) in [7, 11) is -1.82. The van der Waals surface area contributed by atoms with E-state index in [9.17, 15) is 22.8 Å². The van der Waals surface area contributed by atoms with Gasteiger partial charge in [0.15, 0.2) is 5.82 Å². The molecule has 1 spiro atoms. The average molecular weight is 849 g/mol. The summed E-state index contributed by atoms with van der Waals surface area (Å²) in [4.78, 5) is 53.9. The summed E-state index contributed by atoms with van der Waals surface area (Å²) in [6.45, 7) is 7.12. The Hall–Kier alpha value is -4.93. The lowest BCUT2D eigenvalue weighted by Gasteiger charge is -2.46. The number of sulfonamides is 1. The van der Waals surface area contributed by atoms with Crippen molar-refractivity contribution >= 4 is 56.4 Å². The van der Waals surface area contributed by atoms with Crippen molar-refractivity contribution in [3.05, 3.63) is 65.4 Å². The van der Waals surface area contributed by atoms with E-state index in [0.29, 0.717) is 61.6 Å². The fourth-order valence-electron chi connectivity index (χ4n) is 10.8. The molecule has 3 saturated heterocycles. The third kappa shape index (κ3) is 7.17. The Morgan fingerprint density at radius 1 is 0.902 bits per heavy atom. The number of rotatable bonds is 9. The smallest absolute Gasteiger partial charge is 0.329 e. The third-order valence-electron chi connectivity index (χ3n) is 14.5. The average Bonchev–Trinajstić information content (AvgIpc) is 3.94. The molecule has 2 aromatic heterocycles. The Balaban J connectivity index is 0.766. The number of urea groups is 1. The Labute approximate surface area is 357 Å². The molecule has 2 saturated carbocycles. The van der Waals surface area contributed by atoms with E-state index in [4.69, 9.17) is 4.98 Å². The van der Waals surface area contributed by atoms with E-state index in [0.717, 1.165) is 85.8 Å². The van der Waals surface area contributed by atoms with Crippen LogP contribution in [0.4, 0.5) is 22.4 Å². The van der Waals surface area contributed by atoms with Crippen LogP contribution in [-0.4, -0.2) is 99.0 Å². The molecule has 6 aliphatic rings. The van der Waals surface area contributed by atoms with Crippen LogP contribution in [0.1, 0.15) is 114 Å². The summed E-state index contributed by atoms with van der Waals surface area (Å²) in [5.41, 5.74) is 3.55. The van der Waals surface area contributed by atoms with Crippen molar-refractivity contribution in [3.8, 4) is 0 Å². The molecule has 1 atom stereocenters. The third-order valence-corrected chi connectivity index (χ3v) is 16.4. The highest BCUT2D eigenvalue weighted by molar-refractivity contribution is 7.89. The van der Waals surface area contributed by atoms with Crippen LogP contribution in [0.3, 0.4) is 0 Å². The van der Waals surface area contributed by atoms with Crippen LogP contribution < -0.4 is 20.4 Å². The number of nitrogens with one attached hydrogen (secondary N) is 2. The monoisotopic (exact) mass is 848 g/mol. The first kappa shape index (κ1) is 40.2. The molecule has 1 unspecified atom stereocenters. The van der Waals surface area contributed by atoms with Crippen LogP contribution in [0, 0.1) is 0 Å². The van der Waals surface area contributed by atoms with Crippen LogP contribution in [-0.2, 0) is 38.6 Å². The maximum atomic E-state index is 14.1. The second-order valence-corrected chi connectivity index (χ2v) is 20.8. The summed E-state index contributed by atoms with van der Waals surface area (Å²) >= 11 is 0. The van der Waals surface area contributed by atoms with Gasteiger partial charge in [0.05, 0.1) is 15.8 Å². The molecule has 4 amide bonds. The van der Waals surface area contributed by atoms with Gasteiger partial charge < -0.3 is 5.32 Å². The van der Waals surface area contributed by atoms with Gasteiger partial charge >= 0.3 is 6.03 Å². The Morgan fingerprint density at radius 3 is 2.43 bits per heavy atom. The zero-order valence-corrected chi connectivity index (χ0v) is 36.2. The van der Waals surface area contributed by atoms with Gasteiger partial charge in [0.25, 0.3) is 0 Å². The Bertz CT molecular complexity index is 2520. The number of carbonyl (C=O) groups is 3. The fourth-order valence-corrected chi connectivity index (χ4v) is 12.3. The summed E-state index contributed by atoms with van der Waals surface area (Å²) in [6.07, 6.45) is 12.5. The maximum absolute atomic E-state index is 14.1. The predicted octanol–water partition coefficient (Wildman–Crippen LogP) is 5.94. The van der Waals surface area contributed by atoms with Gasteiger partial charge in [0.1, 0.15) is 5.82 Å². The lowest BCUT2D eigenvalue weighted by molar-refractivity contribution is -0.121. The van der Waals surface area contributed by atoms with Gasteiger partial charge in [-0.1, -0.05) is 37.5 Å². The SMILES string of the molecule is Cn1nc(N2CCC(=O)NC2=O)c2ccc(C3CCN(Cc4cccc(S(=O)(=O)N5CCC(Nc6ncc7c(n6)N(C6CCCCC6)C(=O)C76CC6)CC5)c4)C(C)(C)C3)cc21. The normalized spacial score (nSPS) is 23.8. The number of hydrogen-bond acceptors (Lipinski definition) is 10. The molecule has 16 heteroatoms. The number of fused-ring (bicyclic) bond motifs is 3. The molecule has 5 fully saturated rings. The van der Waals surface area contributed by atoms with Crippen molar-refractivity contribution in [3.63, 3.8) is 0 Å². The molecule has 2 aromatic carbocycles. The van der Waals surface area contributed by atoms with Crippen LogP contribution in [0.5, 0.6) is 0 Å². The number of benzene rings is 2. The number of nitrogens with zero attached hydrogens (tertiary/aromatic N) is 8. The van der Waals surface area contributed by atoms with E-state index in [1.807, 2.05) is 42.4 Å². The summed E-state index contributed by atoms with van der Waals surface area (Å²) < 4.78 is 31.5. The van der Waals surface area contributed by atoms with E-state index in [1.54, 1.807) is 15.1 Å². The largest absolute Gasteiger partial charge is 0.351 e. The first-order valence-electron chi connectivity index (χ1n) is 22.2. The van der Waals surface area contributed by atoms with Gasteiger partial charge in [-0.05, 0) is 113 Å². The van der Waals surface area contributed by atoms with Gasteiger partial charge in [-0.2, -0.15) is 14.4 Å². The molecule has 2 aliphatic carbocycles. The minimum Gasteiger partial charge on any atom is -0.351 e. The van der Waals surface area contributed by atoms with Crippen molar-refractivity contribution in [1.29, 1.82) is 0 Å². The van der Waals surface area contributed by atoms with E-state index in [-0.39, 0.29) is 35.9 Å². The zero-order chi connectivity index (χ0) is 42.3. The van der Waals surface area contributed by atoms with E-state index >= 15 is 0 Å². The number of amides is 4. The zero-order valence-electron chi connectivity index (χ0n) is 35.4. The standard InChI is InChI=1S/C45H56N10O5S/c1-44(2)26-31(30-12-13-35-37(25-30)51(3)50-39(35)54-23-17-38(56)48-43(54)58)14-20-52(44)28-29-8-7-11-34(24-29)61(59,60)53-21-15-32(16-22-53)47-42-46-27-36-40(49-42)55(33-9-5-4-6-10-33)41(57)45(36)18-19-45/h7-8,11-13,24-25,27,31-33H,4-6,9-10,14-23,26,28H2,1-3H3,(H,46,47,49)(H,48,56,58). The number of piperidine rings is 2. The highest BCUT2D eigenvalue weighted by Gasteiger charge is 2.61.